The molecule has 2 fully saturated rings. The van der Waals surface area contributed by atoms with Gasteiger partial charge in [0, 0.05) is 37.7 Å². The van der Waals surface area contributed by atoms with Crippen molar-refractivity contribution in [1.82, 2.24) is 9.88 Å². The summed E-state index contributed by atoms with van der Waals surface area (Å²) >= 11 is 0. The number of hydrogen-bond donors (Lipinski definition) is 1. The number of aliphatic carboxylic acids is 1. The number of alkyl halides is 3. The first kappa shape index (κ1) is 23.1. The normalized spacial score (nSPS) is 18.8. The van der Waals surface area contributed by atoms with E-state index >= 15 is 0 Å². The number of likely N-dealkylation sites (tertiary alicyclic amines) is 1. The van der Waals surface area contributed by atoms with Gasteiger partial charge < -0.3 is 14.7 Å². The molecule has 1 aromatic rings. The van der Waals surface area contributed by atoms with Crippen molar-refractivity contribution in [3.63, 3.8) is 0 Å². The molecule has 1 aliphatic heterocycles. The molecule has 2 heterocycles. The largest absolute Gasteiger partial charge is 0.490 e. The van der Waals surface area contributed by atoms with Crippen molar-refractivity contribution in [3.8, 4) is 0 Å². The minimum atomic E-state index is -5.08. The number of pyridine rings is 1. The number of amides is 1. The average Bonchev–Trinajstić information content (AvgIpc) is 2.65. The number of carboxylic acids is 1. The third kappa shape index (κ3) is 6.69. The Bertz CT molecular complexity index is 679. The predicted octanol–water partition coefficient (Wildman–Crippen LogP) is 3.77. The van der Waals surface area contributed by atoms with Gasteiger partial charge in [-0.15, -0.1) is 0 Å². The molecule has 2 aliphatic rings. The number of ether oxygens (including phenoxy) is 1. The van der Waals surface area contributed by atoms with Crippen LogP contribution in [0.25, 0.3) is 0 Å². The van der Waals surface area contributed by atoms with Crippen LogP contribution in [-0.4, -0.2) is 58.8 Å². The monoisotopic (exact) mass is 416 g/mol. The number of aromatic nitrogens is 1. The van der Waals surface area contributed by atoms with Gasteiger partial charge in [0.25, 0.3) is 5.91 Å². The van der Waals surface area contributed by atoms with E-state index in [9.17, 15) is 18.0 Å². The number of piperidine rings is 1. The van der Waals surface area contributed by atoms with Crippen LogP contribution in [0.2, 0.25) is 0 Å². The van der Waals surface area contributed by atoms with E-state index in [-0.39, 0.29) is 5.91 Å². The van der Waals surface area contributed by atoms with Gasteiger partial charge in [0.15, 0.2) is 0 Å². The number of carboxylic acid groups (broad SMARTS) is 1. The molecule has 1 spiro atoms. The van der Waals surface area contributed by atoms with E-state index < -0.39 is 12.1 Å². The summed E-state index contributed by atoms with van der Waals surface area (Å²) in [5.74, 6) is -2.01. The van der Waals surface area contributed by atoms with Gasteiger partial charge in [0.2, 0.25) is 0 Å². The molecule has 6 nitrogen and oxygen atoms in total. The molecule has 1 aromatic heterocycles. The van der Waals surface area contributed by atoms with Crippen molar-refractivity contribution in [2.24, 2.45) is 11.3 Å². The molecule has 1 aliphatic carbocycles. The van der Waals surface area contributed by atoms with Gasteiger partial charge in [-0.25, -0.2) is 4.79 Å². The summed E-state index contributed by atoms with van der Waals surface area (Å²) in [5.41, 5.74) is 1.19. The van der Waals surface area contributed by atoms with Gasteiger partial charge in [0.05, 0.1) is 6.10 Å². The Balaban J connectivity index is 0.000000370. The average molecular weight is 416 g/mol. The highest BCUT2D eigenvalue weighted by atomic mass is 19.4. The van der Waals surface area contributed by atoms with E-state index in [0.29, 0.717) is 17.4 Å². The van der Waals surface area contributed by atoms with E-state index in [4.69, 9.17) is 14.6 Å². The van der Waals surface area contributed by atoms with Crippen LogP contribution in [0, 0.1) is 11.3 Å². The second-order valence-corrected chi connectivity index (χ2v) is 8.09. The van der Waals surface area contributed by atoms with Crippen LogP contribution in [0.1, 0.15) is 49.9 Å². The standard InChI is InChI=1S/C18H26N2O2.C2HF3O2/c1-14(2)13-22-16-11-18(12-16)5-9-20(10-6-18)17(21)15-3-7-19-8-4-15;3-2(4,5)1(6)7/h3-4,7-8,14,16H,5-6,9-13H2,1-2H3;(H,6,7). The van der Waals surface area contributed by atoms with Crippen molar-refractivity contribution in [2.75, 3.05) is 19.7 Å². The SMILES string of the molecule is CC(C)COC1CC2(CCN(C(=O)c3ccncc3)CC2)C1.O=C(O)C(F)(F)F. The topological polar surface area (TPSA) is 79.7 Å². The van der Waals surface area contributed by atoms with Crippen LogP contribution in [0.4, 0.5) is 13.2 Å². The van der Waals surface area contributed by atoms with Gasteiger partial charge in [-0.1, -0.05) is 13.8 Å². The number of halogens is 3. The highest BCUT2D eigenvalue weighted by Gasteiger charge is 2.46. The first-order valence-electron chi connectivity index (χ1n) is 9.63. The van der Waals surface area contributed by atoms with Gasteiger partial charge >= 0.3 is 12.1 Å². The lowest BCUT2D eigenvalue weighted by Gasteiger charge is -2.52. The fourth-order valence-electron chi connectivity index (χ4n) is 3.62. The minimum Gasteiger partial charge on any atom is -0.475 e. The van der Waals surface area contributed by atoms with Gasteiger partial charge in [-0.3, -0.25) is 9.78 Å². The summed E-state index contributed by atoms with van der Waals surface area (Å²) in [6.45, 7) is 7.00. The van der Waals surface area contributed by atoms with Crippen LogP contribution in [0.3, 0.4) is 0 Å². The van der Waals surface area contributed by atoms with Gasteiger partial charge in [-0.2, -0.15) is 13.2 Å². The Kier molecular flexibility index (Phi) is 7.62. The smallest absolute Gasteiger partial charge is 0.475 e. The van der Waals surface area contributed by atoms with Crippen LogP contribution in [0.15, 0.2) is 24.5 Å². The number of carbonyl (C=O) groups excluding carboxylic acids is 1. The fourth-order valence-corrected chi connectivity index (χ4v) is 3.62. The van der Waals surface area contributed by atoms with Crippen LogP contribution >= 0.6 is 0 Å². The number of hydrogen-bond acceptors (Lipinski definition) is 4. The molecule has 9 heteroatoms. The van der Waals surface area contributed by atoms with Crippen molar-refractivity contribution >= 4 is 11.9 Å². The Labute approximate surface area is 168 Å². The second kappa shape index (κ2) is 9.56. The quantitative estimate of drug-likeness (QED) is 0.808. The van der Waals surface area contributed by atoms with Crippen molar-refractivity contribution in [3.05, 3.63) is 30.1 Å². The van der Waals surface area contributed by atoms with Crippen LogP contribution < -0.4 is 0 Å². The van der Waals surface area contributed by atoms with E-state index in [1.807, 2.05) is 4.90 Å². The molecule has 0 atom stereocenters. The first-order valence-corrected chi connectivity index (χ1v) is 9.63. The highest BCUT2D eigenvalue weighted by molar-refractivity contribution is 5.94. The van der Waals surface area contributed by atoms with E-state index in [1.165, 1.54) is 12.8 Å². The molecule has 1 amide bonds. The van der Waals surface area contributed by atoms with Crippen molar-refractivity contribution in [1.29, 1.82) is 0 Å². The minimum absolute atomic E-state index is 0.143. The highest BCUT2D eigenvalue weighted by Crippen LogP contribution is 2.50. The summed E-state index contributed by atoms with van der Waals surface area (Å²) in [5, 5.41) is 7.12. The Morgan fingerprint density at radius 2 is 1.76 bits per heavy atom. The number of carbonyl (C=O) groups is 2. The summed E-state index contributed by atoms with van der Waals surface area (Å²) in [4.78, 5) is 27.3. The van der Waals surface area contributed by atoms with Crippen molar-refractivity contribution in [2.45, 2.75) is 51.8 Å². The maximum absolute atomic E-state index is 12.4. The predicted molar refractivity (Wildman–Crippen MR) is 99.3 cm³/mol. The summed E-state index contributed by atoms with van der Waals surface area (Å²) in [6, 6.07) is 3.59. The van der Waals surface area contributed by atoms with Crippen LogP contribution in [-0.2, 0) is 9.53 Å². The zero-order valence-electron chi connectivity index (χ0n) is 16.6. The van der Waals surface area contributed by atoms with E-state index in [2.05, 4.69) is 18.8 Å². The maximum atomic E-state index is 12.4. The van der Waals surface area contributed by atoms with E-state index in [1.54, 1.807) is 24.5 Å². The van der Waals surface area contributed by atoms with E-state index in [0.717, 1.165) is 38.1 Å². The molecular weight excluding hydrogens is 389 g/mol. The molecule has 1 saturated heterocycles. The molecular formula is C20H27F3N2O4. The molecule has 0 radical (unpaired) electrons. The molecule has 1 saturated carbocycles. The maximum Gasteiger partial charge on any atom is 0.490 e. The number of nitrogens with zero attached hydrogens (tertiary/aromatic N) is 2. The fraction of sp³-hybridized carbons (Fsp3) is 0.650. The van der Waals surface area contributed by atoms with Crippen molar-refractivity contribution < 1.29 is 32.6 Å². The molecule has 0 unspecified atom stereocenters. The summed E-state index contributed by atoms with van der Waals surface area (Å²) in [7, 11) is 0. The molecule has 1 N–H and O–H groups in total. The van der Waals surface area contributed by atoms with Gasteiger partial charge in [0.1, 0.15) is 0 Å². The lowest BCUT2D eigenvalue weighted by molar-refractivity contribution is -0.192. The third-order valence-electron chi connectivity index (χ3n) is 5.27. The van der Waals surface area contributed by atoms with Gasteiger partial charge in [-0.05, 0) is 49.1 Å². The Morgan fingerprint density at radius 1 is 1.24 bits per heavy atom. The molecule has 162 valence electrons. The summed E-state index contributed by atoms with van der Waals surface area (Å²) < 4.78 is 37.7. The molecule has 29 heavy (non-hydrogen) atoms. The number of rotatable bonds is 4. The zero-order chi connectivity index (χ0) is 21.7. The molecule has 0 bridgehead atoms. The Hall–Kier alpha value is -2.16. The summed E-state index contributed by atoms with van der Waals surface area (Å²) in [6.07, 6.45) is 3.32. The van der Waals surface area contributed by atoms with Crippen LogP contribution in [0.5, 0.6) is 0 Å². The third-order valence-corrected chi connectivity index (χ3v) is 5.27. The lowest BCUT2D eigenvalue weighted by Crippen LogP contribution is -2.51. The molecule has 3 rings (SSSR count). The Morgan fingerprint density at radius 3 is 2.21 bits per heavy atom. The first-order chi connectivity index (χ1) is 13.5. The molecule has 0 aromatic carbocycles. The zero-order valence-corrected chi connectivity index (χ0v) is 16.6. The lowest BCUT2D eigenvalue weighted by atomic mass is 9.61. The second-order valence-electron chi connectivity index (χ2n) is 8.09.